The third-order valence-corrected chi connectivity index (χ3v) is 4.82. The summed E-state index contributed by atoms with van der Waals surface area (Å²) >= 11 is 1.81. The van der Waals surface area contributed by atoms with Crippen molar-refractivity contribution in [1.29, 1.82) is 0 Å². The van der Waals surface area contributed by atoms with Gasteiger partial charge in [0.1, 0.15) is 0 Å². The molecule has 1 aliphatic carbocycles. The molecule has 15 heavy (non-hydrogen) atoms. The van der Waals surface area contributed by atoms with E-state index in [4.69, 9.17) is 5.73 Å². The first-order chi connectivity index (χ1) is 7.24. The van der Waals surface area contributed by atoms with Gasteiger partial charge < -0.3 is 10.6 Å². The molecule has 2 aliphatic rings. The van der Waals surface area contributed by atoms with Crippen LogP contribution in [0, 0.1) is 5.92 Å². The summed E-state index contributed by atoms with van der Waals surface area (Å²) in [5.41, 5.74) is 5.75. The minimum Gasteiger partial charge on any atom is -0.340 e. The number of thioether (sulfide) groups is 1. The summed E-state index contributed by atoms with van der Waals surface area (Å²) in [5.74, 6) is 2.12. The fourth-order valence-electron chi connectivity index (χ4n) is 2.31. The molecule has 1 saturated carbocycles. The Bertz CT molecular complexity index is 237. The van der Waals surface area contributed by atoms with Crippen LogP contribution < -0.4 is 5.73 Å². The Morgan fingerprint density at radius 2 is 2.27 bits per heavy atom. The molecule has 2 unspecified atom stereocenters. The third-order valence-electron chi connectivity index (χ3n) is 3.46. The van der Waals surface area contributed by atoms with Crippen LogP contribution >= 0.6 is 11.8 Å². The van der Waals surface area contributed by atoms with Crippen LogP contribution in [-0.4, -0.2) is 41.4 Å². The molecule has 1 aliphatic heterocycles. The topological polar surface area (TPSA) is 46.3 Å². The van der Waals surface area contributed by atoms with Gasteiger partial charge >= 0.3 is 0 Å². The van der Waals surface area contributed by atoms with Gasteiger partial charge in [0.05, 0.1) is 5.25 Å². The van der Waals surface area contributed by atoms with Gasteiger partial charge in [0.25, 0.3) is 0 Å². The number of hydrogen-bond donors (Lipinski definition) is 1. The molecule has 2 fully saturated rings. The molecule has 2 atom stereocenters. The Morgan fingerprint density at radius 1 is 1.53 bits per heavy atom. The van der Waals surface area contributed by atoms with Crippen LogP contribution in [0.15, 0.2) is 0 Å². The Balaban J connectivity index is 1.92. The summed E-state index contributed by atoms with van der Waals surface area (Å²) in [5, 5.41) is 0.211. The standard InChI is InChI=1S/C11H20N2OS/c1-13(9(7-12)8-4-5-8)11(14)10-3-2-6-15-10/h8-10H,2-7,12H2,1H3. The highest BCUT2D eigenvalue weighted by Gasteiger charge is 2.37. The van der Waals surface area contributed by atoms with Gasteiger partial charge in [-0.15, -0.1) is 11.8 Å². The van der Waals surface area contributed by atoms with E-state index >= 15 is 0 Å². The molecule has 0 radical (unpaired) electrons. The van der Waals surface area contributed by atoms with Gasteiger partial charge in [0.15, 0.2) is 0 Å². The van der Waals surface area contributed by atoms with Crippen molar-refractivity contribution in [3.63, 3.8) is 0 Å². The molecule has 2 N–H and O–H groups in total. The van der Waals surface area contributed by atoms with E-state index in [1.54, 1.807) is 11.8 Å². The summed E-state index contributed by atoms with van der Waals surface area (Å²) in [7, 11) is 1.93. The van der Waals surface area contributed by atoms with Crippen LogP contribution in [0.4, 0.5) is 0 Å². The highest BCUT2D eigenvalue weighted by molar-refractivity contribution is 8.00. The Kier molecular flexibility index (Phi) is 3.57. The molecule has 1 saturated heterocycles. The lowest BCUT2D eigenvalue weighted by molar-refractivity contribution is -0.131. The second-order valence-electron chi connectivity index (χ2n) is 4.59. The average Bonchev–Trinajstić information content (AvgIpc) is 2.93. The monoisotopic (exact) mass is 228 g/mol. The van der Waals surface area contributed by atoms with E-state index in [0.29, 0.717) is 24.4 Å². The molecule has 1 amide bonds. The van der Waals surface area contributed by atoms with Crippen LogP contribution in [-0.2, 0) is 4.79 Å². The number of rotatable bonds is 4. The number of likely N-dealkylation sites (N-methyl/N-ethyl adjacent to an activating group) is 1. The molecule has 0 aromatic carbocycles. The van der Waals surface area contributed by atoms with Gasteiger partial charge in [-0.3, -0.25) is 4.79 Å². The molecule has 2 rings (SSSR count). The van der Waals surface area contributed by atoms with Gasteiger partial charge in [-0.1, -0.05) is 0 Å². The molecule has 86 valence electrons. The Morgan fingerprint density at radius 3 is 2.73 bits per heavy atom. The fourth-order valence-corrected chi connectivity index (χ4v) is 3.57. The van der Waals surface area contributed by atoms with Crippen molar-refractivity contribution in [1.82, 2.24) is 4.90 Å². The van der Waals surface area contributed by atoms with E-state index in [2.05, 4.69) is 0 Å². The summed E-state index contributed by atoms with van der Waals surface area (Å²) in [4.78, 5) is 14.0. The fraction of sp³-hybridized carbons (Fsp3) is 0.909. The van der Waals surface area contributed by atoms with E-state index in [0.717, 1.165) is 12.2 Å². The molecule has 0 spiro atoms. The molecule has 0 aromatic rings. The summed E-state index contributed by atoms with van der Waals surface area (Å²) in [6.07, 6.45) is 4.73. The van der Waals surface area contributed by atoms with Crippen molar-refractivity contribution in [2.24, 2.45) is 11.7 Å². The van der Waals surface area contributed by atoms with E-state index < -0.39 is 0 Å². The van der Waals surface area contributed by atoms with E-state index in [-0.39, 0.29) is 5.25 Å². The van der Waals surface area contributed by atoms with Crippen molar-refractivity contribution in [2.45, 2.75) is 37.0 Å². The molecule has 1 heterocycles. The van der Waals surface area contributed by atoms with Crippen molar-refractivity contribution in [2.75, 3.05) is 19.3 Å². The maximum Gasteiger partial charge on any atom is 0.235 e. The lowest BCUT2D eigenvalue weighted by atomic mass is 10.1. The Hall–Kier alpha value is -0.220. The molecular weight excluding hydrogens is 208 g/mol. The zero-order valence-corrected chi connectivity index (χ0v) is 10.1. The van der Waals surface area contributed by atoms with Gasteiger partial charge in [0, 0.05) is 19.6 Å². The van der Waals surface area contributed by atoms with Crippen molar-refractivity contribution in [3.8, 4) is 0 Å². The molecule has 3 nitrogen and oxygen atoms in total. The maximum atomic E-state index is 12.1. The van der Waals surface area contributed by atoms with Gasteiger partial charge in [-0.2, -0.15) is 0 Å². The number of nitrogens with zero attached hydrogens (tertiary/aromatic N) is 1. The highest BCUT2D eigenvalue weighted by Crippen LogP contribution is 2.36. The predicted octanol–water partition coefficient (Wildman–Crippen LogP) is 1.08. The van der Waals surface area contributed by atoms with Crippen LogP contribution in [0.2, 0.25) is 0 Å². The third kappa shape index (κ3) is 2.48. The highest BCUT2D eigenvalue weighted by atomic mass is 32.2. The average molecular weight is 228 g/mol. The van der Waals surface area contributed by atoms with E-state index in [9.17, 15) is 4.79 Å². The molecule has 0 bridgehead atoms. The van der Waals surface area contributed by atoms with E-state index in [1.165, 1.54) is 19.3 Å². The predicted molar refractivity (Wildman–Crippen MR) is 63.8 cm³/mol. The first-order valence-electron chi connectivity index (χ1n) is 5.82. The van der Waals surface area contributed by atoms with Gasteiger partial charge in [-0.25, -0.2) is 0 Å². The second kappa shape index (κ2) is 4.74. The first-order valence-corrected chi connectivity index (χ1v) is 6.87. The van der Waals surface area contributed by atoms with Crippen molar-refractivity contribution < 1.29 is 4.79 Å². The van der Waals surface area contributed by atoms with Crippen molar-refractivity contribution in [3.05, 3.63) is 0 Å². The smallest absolute Gasteiger partial charge is 0.235 e. The number of hydrogen-bond acceptors (Lipinski definition) is 3. The van der Waals surface area contributed by atoms with Gasteiger partial charge in [-0.05, 0) is 37.4 Å². The van der Waals surface area contributed by atoms with E-state index in [1.807, 2.05) is 11.9 Å². The van der Waals surface area contributed by atoms with Gasteiger partial charge in [0.2, 0.25) is 5.91 Å². The Labute approximate surface area is 95.8 Å². The maximum absolute atomic E-state index is 12.1. The lowest BCUT2D eigenvalue weighted by Gasteiger charge is -2.29. The van der Waals surface area contributed by atoms with Crippen LogP contribution in [0.1, 0.15) is 25.7 Å². The molecular formula is C11H20N2OS. The second-order valence-corrected chi connectivity index (χ2v) is 5.90. The number of nitrogens with two attached hydrogens (primary N) is 1. The SMILES string of the molecule is CN(C(=O)C1CCCS1)C(CN)C1CC1. The summed E-state index contributed by atoms with van der Waals surface area (Å²) in [6.45, 7) is 0.615. The largest absolute Gasteiger partial charge is 0.340 e. The number of carbonyl (C=O) groups excluding carboxylic acids is 1. The minimum absolute atomic E-state index is 0.211. The van der Waals surface area contributed by atoms with Crippen LogP contribution in [0.3, 0.4) is 0 Å². The lowest BCUT2D eigenvalue weighted by Crippen LogP contribution is -2.46. The quantitative estimate of drug-likeness (QED) is 0.783. The van der Waals surface area contributed by atoms with Crippen LogP contribution in [0.25, 0.3) is 0 Å². The van der Waals surface area contributed by atoms with Crippen LogP contribution in [0.5, 0.6) is 0 Å². The zero-order chi connectivity index (χ0) is 10.8. The first kappa shape index (κ1) is 11.3. The normalized spacial score (nSPS) is 27.7. The summed E-state index contributed by atoms with van der Waals surface area (Å²) in [6, 6.07) is 0.290. The molecule has 0 aromatic heterocycles. The number of carbonyl (C=O) groups is 1. The zero-order valence-electron chi connectivity index (χ0n) is 9.32. The number of amides is 1. The van der Waals surface area contributed by atoms with Crippen molar-refractivity contribution >= 4 is 17.7 Å². The molecule has 4 heteroatoms. The minimum atomic E-state index is 0.211. The summed E-state index contributed by atoms with van der Waals surface area (Å²) < 4.78 is 0.